The first-order valence-electron chi connectivity index (χ1n) is 7.96. The van der Waals surface area contributed by atoms with Gasteiger partial charge in [0.1, 0.15) is 6.10 Å². The summed E-state index contributed by atoms with van der Waals surface area (Å²) in [6.07, 6.45) is 0.431. The number of carbonyl (C=O) groups is 2. The van der Waals surface area contributed by atoms with Gasteiger partial charge in [0.05, 0.1) is 6.54 Å². The van der Waals surface area contributed by atoms with Gasteiger partial charge in [-0.3, -0.25) is 14.5 Å². The van der Waals surface area contributed by atoms with Crippen molar-refractivity contribution in [3.8, 4) is 0 Å². The van der Waals surface area contributed by atoms with Crippen molar-refractivity contribution in [3.05, 3.63) is 0 Å². The summed E-state index contributed by atoms with van der Waals surface area (Å²) in [5.41, 5.74) is 0. The fourth-order valence-electron chi connectivity index (χ4n) is 2.41. The number of nitrogens with one attached hydrogen (secondary N) is 1. The van der Waals surface area contributed by atoms with E-state index in [0.29, 0.717) is 39.4 Å². The van der Waals surface area contributed by atoms with Crippen LogP contribution >= 0.6 is 0 Å². The molecular formula is C15H29N3O4. The van der Waals surface area contributed by atoms with E-state index in [0.717, 1.165) is 19.5 Å². The third-order valence-electron chi connectivity index (χ3n) is 3.66. The lowest BCUT2D eigenvalue weighted by molar-refractivity contribution is -0.144. The molecule has 1 aliphatic heterocycles. The number of hydrogen-bond acceptors (Lipinski definition) is 5. The maximum absolute atomic E-state index is 12.1. The molecule has 0 saturated carbocycles. The molecule has 1 unspecified atom stereocenters. The first-order chi connectivity index (χ1) is 10.6. The van der Waals surface area contributed by atoms with Crippen LogP contribution in [0.1, 0.15) is 20.3 Å². The van der Waals surface area contributed by atoms with Gasteiger partial charge in [0.2, 0.25) is 5.91 Å². The second-order valence-electron chi connectivity index (χ2n) is 5.40. The maximum Gasteiger partial charge on any atom is 0.251 e. The van der Waals surface area contributed by atoms with E-state index < -0.39 is 0 Å². The minimum atomic E-state index is -0.388. The van der Waals surface area contributed by atoms with Gasteiger partial charge in [0, 0.05) is 53.0 Å². The highest BCUT2D eigenvalue weighted by atomic mass is 16.5. The summed E-state index contributed by atoms with van der Waals surface area (Å²) in [4.78, 5) is 27.8. The number of piperazine rings is 1. The Labute approximate surface area is 132 Å². The van der Waals surface area contributed by atoms with Gasteiger partial charge in [0.25, 0.3) is 5.91 Å². The quantitative estimate of drug-likeness (QED) is 0.592. The van der Waals surface area contributed by atoms with Gasteiger partial charge in [-0.15, -0.1) is 0 Å². The molecule has 1 atom stereocenters. The summed E-state index contributed by atoms with van der Waals surface area (Å²) in [6.45, 7) is 8.60. The Morgan fingerprint density at radius 2 is 1.91 bits per heavy atom. The molecule has 1 N–H and O–H groups in total. The summed E-state index contributed by atoms with van der Waals surface area (Å²) < 4.78 is 10.3. The normalized spacial score (nSPS) is 17.3. The Morgan fingerprint density at radius 1 is 1.23 bits per heavy atom. The molecule has 0 radical (unpaired) electrons. The van der Waals surface area contributed by atoms with Crippen molar-refractivity contribution >= 4 is 11.8 Å². The minimum absolute atomic E-state index is 0.0264. The zero-order chi connectivity index (χ0) is 16.4. The van der Waals surface area contributed by atoms with Crippen LogP contribution in [0.4, 0.5) is 0 Å². The number of hydrogen-bond donors (Lipinski definition) is 1. The molecule has 0 spiro atoms. The molecular weight excluding hydrogens is 286 g/mol. The molecule has 22 heavy (non-hydrogen) atoms. The first kappa shape index (κ1) is 18.9. The highest BCUT2D eigenvalue weighted by molar-refractivity contribution is 5.81. The number of nitrogens with zero attached hydrogens (tertiary/aromatic N) is 2. The summed E-state index contributed by atoms with van der Waals surface area (Å²) >= 11 is 0. The fraction of sp³-hybridized carbons (Fsp3) is 0.867. The van der Waals surface area contributed by atoms with Crippen molar-refractivity contribution < 1.29 is 19.1 Å². The van der Waals surface area contributed by atoms with Crippen LogP contribution < -0.4 is 5.32 Å². The van der Waals surface area contributed by atoms with Crippen LogP contribution in [0.15, 0.2) is 0 Å². The van der Waals surface area contributed by atoms with Crippen LogP contribution in [0, 0.1) is 0 Å². The molecule has 7 nitrogen and oxygen atoms in total. The molecule has 1 fully saturated rings. The Hall–Kier alpha value is -1.18. The summed E-state index contributed by atoms with van der Waals surface area (Å²) in [5.74, 6) is 0.0593. The van der Waals surface area contributed by atoms with E-state index in [1.54, 1.807) is 14.0 Å². The number of amides is 2. The largest absolute Gasteiger partial charge is 0.385 e. The zero-order valence-corrected chi connectivity index (χ0v) is 14.0. The first-order valence-corrected chi connectivity index (χ1v) is 7.96. The molecule has 0 aromatic heterocycles. The van der Waals surface area contributed by atoms with E-state index in [4.69, 9.17) is 9.47 Å². The van der Waals surface area contributed by atoms with Crippen LogP contribution in [0.3, 0.4) is 0 Å². The molecule has 2 amide bonds. The Morgan fingerprint density at radius 3 is 2.50 bits per heavy atom. The smallest absolute Gasteiger partial charge is 0.251 e. The van der Waals surface area contributed by atoms with Gasteiger partial charge >= 0.3 is 0 Å². The minimum Gasteiger partial charge on any atom is -0.385 e. The molecule has 0 aliphatic carbocycles. The lowest BCUT2D eigenvalue weighted by Gasteiger charge is -2.35. The van der Waals surface area contributed by atoms with Crippen LogP contribution in [0.5, 0.6) is 0 Å². The van der Waals surface area contributed by atoms with E-state index >= 15 is 0 Å². The van der Waals surface area contributed by atoms with E-state index in [-0.39, 0.29) is 17.9 Å². The van der Waals surface area contributed by atoms with Crippen LogP contribution in [-0.4, -0.2) is 87.3 Å². The average Bonchev–Trinajstić information content (AvgIpc) is 2.52. The summed E-state index contributed by atoms with van der Waals surface area (Å²) in [7, 11) is 1.65. The van der Waals surface area contributed by atoms with Crippen LogP contribution in [0.25, 0.3) is 0 Å². The Kier molecular flexibility index (Phi) is 9.03. The van der Waals surface area contributed by atoms with Gasteiger partial charge in [0.15, 0.2) is 0 Å². The molecule has 0 bridgehead atoms. The Bertz CT molecular complexity index is 344. The fourth-order valence-corrected chi connectivity index (χ4v) is 2.41. The SMILES string of the molecule is CCOC(C)C(=O)N1CCN(CC(=O)NCCCOC)CC1. The van der Waals surface area contributed by atoms with Crippen molar-refractivity contribution in [2.24, 2.45) is 0 Å². The van der Waals surface area contributed by atoms with E-state index in [1.807, 2.05) is 11.8 Å². The molecule has 1 heterocycles. The highest BCUT2D eigenvalue weighted by Gasteiger charge is 2.25. The van der Waals surface area contributed by atoms with Crippen molar-refractivity contribution in [2.75, 3.05) is 59.6 Å². The van der Waals surface area contributed by atoms with Crippen LogP contribution in [0.2, 0.25) is 0 Å². The molecule has 0 aromatic rings. The zero-order valence-electron chi connectivity index (χ0n) is 14.0. The molecule has 0 aromatic carbocycles. The monoisotopic (exact) mass is 315 g/mol. The molecule has 7 heteroatoms. The third-order valence-corrected chi connectivity index (χ3v) is 3.66. The molecule has 1 rings (SSSR count). The van der Waals surface area contributed by atoms with Crippen molar-refractivity contribution in [2.45, 2.75) is 26.4 Å². The molecule has 1 aliphatic rings. The van der Waals surface area contributed by atoms with E-state index in [2.05, 4.69) is 10.2 Å². The average molecular weight is 315 g/mol. The summed E-state index contributed by atoms with van der Waals surface area (Å²) in [6, 6.07) is 0. The lowest BCUT2D eigenvalue weighted by Crippen LogP contribution is -2.53. The lowest BCUT2D eigenvalue weighted by atomic mass is 10.2. The van der Waals surface area contributed by atoms with Gasteiger partial charge in [-0.25, -0.2) is 0 Å². The predicted molar refractivity (Wildman–Crippen MR) is 83.6 cm³/mol. The van der Waals surface area contributed by atoms with Crippen molar-refractivity contribution in [1.82, 2.24) is 15.1 Å². The topological polar surface area (TPSA) is 71.1 Å². The maximum atomic E-state index is 12.1. The number of ether oxygens (including phenoxy) is 2. The number of rotatable bonds is 9. The van der Waals surface area contributed by atoms with Gasteiger partial charge < -0.3 is 19.7 Å². The van der Waals surface area contributed by atoms with Crippen LogP contribution in [-0.2, 0) is 19.1 Å². The highest BCUT2D eigenvalue weighted by Crippen LogP contribution is 2.05. The second-order valence-corrected chi connectivity index (χ2v) is 5.40. The van der Waals surface area contributed by atoms with E-state index in [1.165, 1.54) is 0 Å². The Balaban J connectivity index is 2.22. The van der Waals surface area contributed by atoms with Crippen molar-refractivity contribution in [1.29, 1.82) is 0 Å². The van der Waals surface area contributed by atoms with Gasteiger partial charge in [-0.2, -0.15) is 0 Å². The third kappa shape index (κ3) is 6.72. The summed E-state index contributed by atoms with van der Waals surface area (Å²) in [5, 5.41) is 2.87. The predicted octanol–water partition coefficient (Wildman–Crippen LogP) is -0.292. The molecule has 1 saturated heterocycles. The molecule has 128 valence electrons. The van der Waals surface area contributed by atoms with Gasteiger partial charge in [-0.1, -0.05) is 0 Å². The number of carbonyl (C=O) groups excluding carboxylic acids is 2. The van der Waals surface area contributed by atoms with E-state index in [9.17, 15) is 9.59 Å². The number of methoxy groups -OCH3 is 1. The standard InChI is InChI=1S/C15H29N3O4/c1-4-22-13(2)15(20)18-9-7-17(8-10-18)12-14(19)16-6-5-11-21-3/h13H,4-12H2,1-3H3,(H,16,19). The van der Waals surface area contributed by atoms with Gasteiger partial charge in [-0.05, 0) is 20.3 Å². The van der Waals surface area contributed by atoms with Crippen molar-refractivity contribution in [3.63, 3.8) is 0 Å². The second kappa shape index (κ2) is 10.5.